The maximum absolute atomic E-state index is 12.6. The molecule has 0 unspecified atom stereocenters. The van der Waals surface area contributed by atoms with Gasteiger partial charge in [-0.05, 0) is 57.4 Å². The second kappa shape index (κ2) is 8.69. The zero-order chi connectivity index (χ0) is 21.1. The van der Waals surface area contributed by atoms with Crippen molar-refractivity contribution in [2.24, 2.45) is 0 Å². The Bertz CT molecular complexity index is 981. The Balaban J connectivity index is 1.31. The molecule has 3 aromatic rings. The van der Waals surface area contributed by atoms with E-state index in [4.69, 9.17) is 13.8 Å². The Hall–Kier alpha value is -3.16. The Morgan fingerprint density at radius 3 is 2.50 bits per heavy atom. The number of rotatable bonds is 6. The molecule has 0 aliphatic carbocycles. The molecule has 158 valence electrons. The molecule has 0 spiro atoms. The smallest absolute Gasteiger partial charge is 0.230 e. The van der Waals surface area contributed by atoms with Gasteiger partial charge in [0.05, 0.1) is 12.8 Å². The third-order valence-corrected chi connectivity index (χ3v) is 5.76. The maximum atomic E-state index is 12.6. The van der Waals surface area contributed by atoms with Crippen LogP contribution in [-0.4, -0.2) is 46.3 Å². The number of piperidine rings is 1. The fourth-order valence-electron chi connectivity index (χ4n) is 3.88. The number of amides is 1. The Morgan fingerprint density at radius 1 is 1.13 bits per heavy atom. The van der Waals surface area contributed by atoms with Crippen LogP contribution in [0.2, 0.25) is 0 Å². The first kappa shape index (κ1) is 20.1. The van der Waals surface area contributed by atoms with Gasteiger partial charge in [-0.15, -0.1) is 0 Å². The number of ether oxygens (including phenoxy) is 1. The highest BCUT2D eigenvalue weighted by atomic mass is 16.5. The summed E-state index contributed by atoms with van der Waals surface area (Å²) < 4.78 is 15.9. The van der Waals surface area contributed by atoms with E-state index in [1.165, 1.54) is 0 Å². The molecule has 1 amide bonds. The van der Waals surface area contributed by atoms with Crippen molar-refractivity contribution in [3.63, 3.8) is 0 Å². The van der Waals surface area contributed by atoms with Crippen LogP contribution < -0.4 is 4.74 Å². The van der Waals surface area contributed by atoms with Gasteiger partial charge in [-0.2, -0.15) is 4.98 Å². The lowest BCUT2D eigenvalue weighted by atomic mass is 9.96. The van der Waals surface area contributed by atoms with Crippen LogP contribution in [0.15, 0.2) is 33.3 Å². The van der Waals surface area contributed by atoms with E-state index >= 15 is 0 Å². The molecule has 0 radical (unpaired) electrons. The van der Waals surface area contributed by atoms with Gasteiger partial charge in [0.25, 0.3) is 0 Å². The minimum Gasteiger partial charge on any atom is -0.497 e. The van der Waals surface area contributed by atoms with Gasteiger partial charge in [-0.25, -0.2) is 0 Å². The lowest BCUT2D eigenvalue weighted by Gasteiger charge is -2.30. The molecule has 1 aromatic carbocycles. The van der Waals surface area contributed by atoms with Crippen LogP contribution >= 0.6 is 0 Å². The van der Waals surface area contributed by atoms with Gasteiger partial charge in [0.15, 0.2) is 0 Å². The quantitative estimate of drug-likeness (QED) is 0.612. The first-order valence-corrected chi connectivity index (χ1v) is 10.2. The summed E-state index contributed by atoms with van der Waals surface area (Å²) in [6.45, 7) is 5.19. The first-order chi connectivity index (χ1) is 14.5. The third kappa shape index (κ3) is 4.22. The van der Waals surface area contributed by atoms with E-state index in [1.54, 1.807) is 7.11 Å². The van der Waals surface area contributed by atoms with E-state index in [-0.39, 0.29) is 11.8 Å². The summed E-state index contributed by atoms with van der Waals surface area (Å²) in [6, 6.07) is 7.57. The molecule has 8 nitrogen and oxygen atoms in total. The van der Waals surface area contributed by atoms with Crippen LogP contribution in [0.3, 0.4) is 0 Å². The highest BCUT2D eigenvalue weighted by Crippen LogP contribution is 2.29. The second-order valence-corrected chi connectivity index (χ2v) is 7.64. The van der Waals surface area contributed by atoms with E-state index in [1.807, 2.05) is 43.0 Å². The van der Waals surface area contributed by atoms with Gasteiger partial charge in [-0.3, -0.25) is 4.79 Å². The van der Waals surface area contributed by atoms with E-state index < -0.39 is 0 Å². The minimum atomic E-state index is 0.165. The van der Waals surface area contributed by atoms with Crippen molar-refractivity contribution in [3.05, 3.63) is 47.2 Å². The van der Waals surface area contributed by atoms with Gasteiger partial charge in [0.2, 0.25) is 17.6 Å². The lowest BCUT2D eigenvalue weighted by molar-refractivity contribution is -0.132. The Kier molecular flexibility index (Phi) is 5.83. The molecule has 1 aliphatic heterocycles. The zero-order valence-electron chi connectivity index (χ0n) is 17.6. The van der Waals surface area contributed by atoms with Crippen LogP contribution in [0.1, 0.15) is 48.1 Å². The molecule has 3 heterocycles. The topological polar surface area (TPSA) is 94.5 Å². The number of likely N-dealkylation sites (tertiary alicyclic amines) is 1. The van der Waals surface area contributed by atoms with Gasteiger partial charge in [0.1, 0.15) is 11.5 Å². The summed E-state index contributed by atoms with van der Waals surface area (Å²) >= 11 is 0. The number of carbonyl (C=O) groups is 1. The van der Waals surface area contributed by atoms with Gasteiger partial charge in [0, 0.05) is 36.6 Å². The summed E-state index contributed by atoms with van der Waals surface area (Å²) in [7, 11) is 1.63. The number of methoxy groups -OCH3 is 1. The van der Waals surface area contributed by atoms with Crippen molar-refractivity contribution < 1.29 is 18.6 Å². The Labute approximate surface area is 175 Å². The van der Waals surface area contributed by atoms with Crippen molar-refractivity contribution in [2.45, 2.75) is 45.4 Å². The fourth-order valence-corrected chi connectivity index (χ4v) is 3.88. The van der Waals surface area contributed by atoms with Crippen molar-refractivity contribution in [2.75, 3.05) is 20.2 Å². The fraction of sp³-hybridized carbons (Fsp3) is 0.455. The lowest BCUT2D eigenvalue weighted by Crippen LogP contribution is -2.38. The highest BCUT2D eigenvalue weighted by Gasteiger charge is 2.27. The van der Waals surface area contributed by atoms with Gasteiger partial charge in [-0.1, -0.05) is 10.3 Å². The number of carbonyl (C=O) groups excluding carboxylic acids is 1. The average molecular weight is 410 g/mol. The highest BCUT2D eigenvalue weighted by molar-refractivity contribution is 5.76. The second-order valence-electron chi connectivity index (χ2n) is 7.64. The molecular formula is C22H26N4O4. The minimum absolute atomic E-state index is 0.165. The largest absolute Gasteiger partial charge is 0.497 e. The van der Waals surface area contributed by atoms with Crippen molar-refractivity contribution in [1.29, 1.82) is 0 Å². The molecule has 8 heteroatoms. The summed E-state index contributed by atoms with van der Waals surface area (Å²) in [4.78, 5) is 19.1. The summed E-state index contributed by atoms with van der Waals surface area (Å²) in [5.41, 5.74) is 2.79. The molecule has 1 saturated heterocycles. The predicted octanol–water partition coefficient (Wildman–Crippen LogP) is 3.69. The molecule has 0 bridgehead atoms. The molecule has 2 aromatic heterocycles. The normalized spacial score (nSPS) is 14.8. The van der Waals surface area contributed by atoms with Gasteiger partial charge < -0.3 is 18.7 Å². The number of hydrogen-bond acceptors (Lipinski definition) is 7. The van der Waals surface area contributed by atoms with Crippen LogP contribution in [0.25, 0.3) is 11.4 Å². The van der Waals surface area contributed by atoms with E-state index in [2.05, 4.69) is 15.3 Å². The predicted molar refractivity (Wildman–Crippen MR) is 109 cm³/mol. The number of aromatic nitrogens is 3. The number of hydrogen-bond donors (Lipinski definition) is 0. The molecule has 4 rings (SSSR count). The average Bonchev–Trinajstić information content (AvgIpc) is 3.39. The monoisotopic (exact) mass is 410 g/mol. The molecule has 1 aliphatic rings. The molecule has 1 fully saturated rings. The molecule has 30 heavy (non-hydrogen) atoms. The molecule has 0 atom stereocenters. The van der Waals surface area contributed by atoms with Gasteiger partial charge >= 0.3 is 0 Å². The standard InChI is InChI=1S/C22H26N4O4/c1-14-19(15(2)29-24-14)8-9-20(27)26-12-10-17(11-13-26)22-23-21(25-30-22)16-4-6-18(28-3)7-5-16/h4-7,17H,8-13H2,1-3H3. The Morgan fingerprint density at radius 2 is 1.87 bits per heavy atom. The van der Waals surface area contributed by atoms with Crippen LogP contribution in [-0.2, 0) is 11.2 Å². The number of aryl methyl sites for hydroxylation is 2. The van der Waals surface area contributed by atoms with E-state index in [0.717, 1.165) is 41.2 Å². The number of nitrogens with zero attached hydrogens (tertiary/aromatic N) is 4. The summed E-state index contributed by atoms with van der Waals surface area (Å²) in [5.74, 6) is 3.14. The van der Waals surface area contributed by atoms with Crippen LogP contribution in [0.4, 0.5) is 0 Å². The molecule has 0 N–H and O–H groups in total. The molecule has 0 saturated carbocycles. The molecular weight excluding hydrogens is 384 g/mol. The summed E-state index contributed by atoms with van der Waals surface area (Å²) in [5, 5.41) is 8.08. The third-order valence-electron chi connectivity index (χ3n) is 5.76. The van der Waals surface area contributed by atoms with Crippen LogP contribution in [0, 0.1) is 13.8 Å². The van der Waals surface area contributed by atoms with Crippen LogP contribution in [0.5, 0.6) is 5.75 Å². The SMILES string of the molecule is COc1ccc(-c2noc(C3CCN(C(=O)CCc4c(C)noc4C)CC3)n2)cc1. The van der Waals surface area contributed by atoms with Crippen molar-refractivity contribution in [1.82, 2.24) is 20.2 Å². The maximum Gasteiger partial charge on any atom is 0.230 e. The van der Waals surface area contributed by atoms with Crippen molar-refractivity contribution in [3.8, 4) is 17.1 Å². The van der Waals surface area contributed by atoms with E-state index in [9.17, 15) is 4.79 Å². The zero-order valence-corrected chi connectivity index (χ0v) is 17.6. The first-order valence-electron chi connectivity index (χ1n) is 10.2. The number of benzene rings is 1. The summed E-state index contributed by atoms with van der Waals surface area (Å²) in [6.07, 6.45) is 2.77. The van der Waals surface area contributed by atoms with E-state index in [0.29, 0.717) is 37.6 Å². The van der Waals surface area contributed by atoms with Crippen molar-refractivity contribution >= 4 is 5.91 Å².